The van der Waals surface area contributed by atoms with Gasteiger partial charge in [-0.15, -0.1) is 0 Å². The predicted octanol–water partition coefficient (Wildman–Crippen LogP) is 1.88. The van der Waals surface area contributed by atoms with Crippen molar-refractivity contribution in [3.63, 3.8) is 0 Å². The van der Waals surface area contributed by atoms with Crippen LogP contribution >= 0.6 is 34.8 Å². The number of aliphatic carboxylic acids is 1. The van der Waals surface area contributed by atoms with Crippen LogP contribution in [-0.2, 0) is 4.79 Å². The van der Waals surface area contributed by atoms with Crippen molar-refractivity contribution < 1.29 is 14.7 Å². The van der Waals surface area contributed by atoms with Crippen molar-refractivity contribution in [2.75, 3.05) is 32.7 Å². The first-order valence-electron chi connectivity index (χ1n) is 6.13. The maximum atomic E-state index is 12.4. The van der Waals surface area contributed by atoms with Crippen molar-refractivity contribution in [1.29, 1.82) is 0 Å². The highest BCUT2D eigenvalue weighted by Gasteiger charge is 2.26. The van der Waals surface area contributed by atoms with E-state index in [0.717, 1.165) is 0 Å². The van der Waals surface area contributed by atoms with Crippen LogP contribution in [0.1, 0.15) is 10.5 Å². The first-order valence-corrected chi connectivity index (χ1v) is 7.26. The van der Waals surface area contributed by atoms with Gasteiger partial charge in [-0.1, -0.05) is 34.8 Å². The number of aromatic nitrogens is 1. The Balaban J connectivity index is 2.06. The predicted molar refractivity (Wildman–Crippen MR) is 79.2 cm³/mol. The lowest BCUT2D eigenvalue weighted by Crippen LogP contribution is -2.50. The number of nitrogens with zero attached hydrogens (tertiary/aromatic N) is 3. The van der Waals surface area contributed by atoms with E-state index in [1.807, 2.05) is 0 Å². The van der Waals surface area contributed by atoms with Gasteiger partial charge in [0, 0.05) is 32.4 Å². The second kappa shape index (κ2) is 6.79. The largest absolute Gasteiger partial charge is 0.480 e. The van der Waals surface area contributed by atoms with E-state index in [0.29, 0.717) is 26.2 Å². The molecule has 114 valence electrons. The molecule has 0 saturated carbocycles. The van der Waals surface area contributed by atoms with Gasteiger partial charge < -0.3 is 10.0 Å². The van der Waals surface area contributed by atoms with Gasteiger partial charge in [0.15, 0.2) is 0 Å². The Morgan fingerprint density at radius 1 is 1.14 bits per heavy atom. The number of piperazine rings is 1. The maximum absolute atomic E-state index is 12.4. The molecule has 1 aromatic heterocycles. The Morgan fingerprint density at radius 2 is 1.76 bits per heavy atom. The zero-order valence-electron chi connectivity index (χ0n) is 10.9. The lowest BCUT2D eigenvalue weighted by Gasteiger charge is -2.33. The van der Waals surface area contributed by atoms with Crippen LogP contribution in [0.2, 0.25) is 15.1 Å². The van der Waals surface area contributed by atoms with Crippen LogP contribution in [0.5, 0.6) is 0 Å². The second-order valence-corrected chi connectivity index (χ2v) is 5.71. The molecule has 1 saturated heterocycles. The van der Waals surface area contributed by atoms with Crippen LogP contribution in [0.4, 0.5) is 0 Å². The van der Waals surface area contributed by atoms with Gasteiger partial charge >= 0.3 is 5.97 Å². The first kappa shape index (κ1) is 16.3. The average Bonchev–Trinajstić information content (AvgIpc) is 2.44. The molecule has 1 aromatic rings. The minimum absolute atomic E-state index is 0.0298. The quantitative estimate of drug-likeness (QED) is 0.899. The highest BCUT2D eigenvalue weighted by Crippen LogP contribution is 2.31. The van der Waals surface area contributed by atoms with Gasteiger partial charge in [0.1, 0.15) is 5.69 Å². The van der Waals surface area contributed by atoms with Crippen LogP contribution in [0.15, 0.2) is 6.20 Å². The van der Waals surface area contributed by atoms with E-state index < -0.39 is 5.97 Å². The molecule has 21 heavy (non-hydrogen) atoms. The Morgan fingerprint density at radius 3 is 2.33 bits per heavy atom. The van der Waals surface area contributed by atoms with Crippen LogP contribution in [0, 0.1) is 0 Å². The summed E-state index contributed by atoms with van der Waals surface area (Å²) in [5, 5.41) is 9.05. The molecule has 1 N–H and O–H groups in total. The van der Waals surface area contributed by atoms with Gasteiger partial charge in [-0.3, -0.25) is 14.5 Å². The summed E-state index contributed by atoms with van der Waals surface area (Å²) in [6.07, 6.45) is 1.28. The fourth-order valence-corrected chi connectivity index (χ4v) is 2.60. The summed E-state index contributed by atoms with van der Waals surface area (Å²) < 4.78 is 0. The van der Waals surface area contributed by atoms with E-state index in [-0.39, 0.29) is 33.2 Å². The van der Waals surface area contributed by atoms with Crippen molar-refractivity contribution in [3.05, 3.63) is 27.0 Å². The van der Waals surface area contributed by atoms with Crippen LogP contribution < -0.4 is 0 Å². The molecule has 2 heterocycles. The number of amides is 1. The zero-order valence-corrected chi connectivity index (χ0v) is 13.1. The van der Waals surface area contributed by atoms with Gasteiger partial charge in [0.25, 0.3) is 5.91 Å². The third-order valence-electron chi connectivity index (χ3n) is 3.14. The highest BCUT2D eigenvalue weighted by molar-refractivity contribution is 6.48. The summed E-state index contributed by atoms with van der Waals surface area (Å²) in [5.41, 5.74) is 0.0535. The Bertz CT molecular complexity index is 574. The van der Waals surface area contributed by atoms with Gasteiger partial charge in [0.2, 0.25) is 0 Å². The molecule has 9 heteroatoms. The smallest absolute Gasteiger partial charge is 0.317 e. The summed E-state index contributed by atoms with van der Waals surface area (Å²) in [6.45, 7) is 1.75. The summed E-state index contributed by atoms with van der Waals surface area (Å²) in [4.78, 5) is 30.3. The monoisotopic (exact) mass is 351 g/mol. The standard InChI is InChI=1S/C12H12Cl3N3O3/c13-7-5-16-11(10(15)9(7)14)12(21)18-3-1-17(2-4-18)6-8(19)20/h5H,1-4,6H2,(H,19,20). The fourth-order valence-electron chi connectivity index (χ4n) is 2.04. The number of carbonyl (C=O) groups is 2. The van der Waals surface area contributed by atoms with E-state index in [1.165, 1.54) is 6.20 Å². The van der Waals surface area contributed by atoms with E-state index in [4.69, 9.17) is 39.9 Å². The number of hydrogen-bond donors (Lipinski definition) is 1. The summed E-state index contributed by atoms with van der Waals surface area (Å²) in [6, 6.07) is 0. The van der Waals surface area contributed by atoms with E-state index in [9.17, 15) is 9.59 Å². The molecule has 0 aliphatic carbocycles. The average molecular weight is 353 g/mol. The molecular weight excluding hydrogens is 341 g/mol. The van der Waals surface area contributed by atoms with Crippen LogP contribution in [0.3, 0.4) is 0 Å². The number of rotatable bonds is 3. The van der Waals surface area contributed by atoms with Gasteiger partial charge in [-0.25, -0.2) is 4.98 Å². The lowest BCUT2D eigenvalue weighted by molar-refractivity contribution is -0.138. The highest BCUT2D eigenvalue weighted by atomic mass is 35.5. The van der Waals surface area contributed by atoms with Crippen LogP contribution in [0.25, 0.3) is 0 Å². The Labute approximate surface area is 136 Å². The SMILES string of the molecule is O=C(O)CN1CCN(C(=O)c2ncc(Cl)c(Cl)c2Cl)CC1. The third-order valence-corrected chi connectivity index (χ3v) is 4.38. The minimum Gasteiger partial charge on any atom is -0.480 e. The topological polar surface area (TPSA) is 73.7 Å². The number of carboxylic acids is 1. The summed E-state index contributed by atoms with van der Waals surface area (Å²) in [7, 11) is 0. The third kappa shape index (κ3) is 3.77. The number of hydrogen-bond acceptors (Lipinski definition) is 4. The second-order valence-electron chi connectivity index (χ2n) is 4.54. The molecule has 2 rings (SSSR count). The lowest BCUT2D eigenvalue weighted by atomic mass is 10.2. The molecule has 0 atom stereocenters. The molecule has 0 bridgehead atoms. The van der Waals surface area contributed by atoms with Crippen molar-refractivity contribution in [1.82, 2.24) is 14.8 Å². The number of carbonyl (C=O) groups excluding carboxylic acids is 1. The van der Waals surface area contributed by atoms with Gasteiger partial charge in [-0.05, 0) is 0 Å². The Kier molecular flexibility index (Phi) is 5.27. The Hall–Kier alpha value is -1.08. The maximum Gasteiger partial charge on any atom is 0.317 e. The zero-order chi connectivity index (χ0) is 15.6. The fraction of sp³-hybridized carbons (Fsp3) is 0.417. The normalized spacial score (nSPS) is 16.0. The molecule has 0 radical (unpaired) electrons. The van der Waals surface area contributed by atoms with Crippen LogP contribution in [-0.4, -0.2) is 64.5 Å². The molecule has 0 spiro atoms. The molecule has 1 aliphatic heterocycles. The van der Waals surface area contributed by atoms with Gasteiger partial charge in [-0.2, -0.15) is 0 Å². The van der Waals surface area contributed by atoms with Crippen molar-refractivity contribution in [3.8, 4) is 0 Å². The van der Waals surface area contributed by atoms with E-state index in [1.54, 1.807) is 9.80 Å². The van der Waals surface area contributed by atoms with E-state index >= 15 is 0 Å². The number of carboxylic acid groups (broad SMARTS) is 1. The number of pyridine rings is 1. The van der Waals surface area contributed by atoms with Crippen molar-refractivity contribution in [2.45, 2.75) is 0 Å². The first-order chi connectivity index (χ1) is 9.90. The number of halogens is 3. The minimum atomic E-state index is -0.885. The summed E-state index contributed by atoms with van der Waals surface area (Å²) >= 11 is 17.7. The molecule has 1 amide bonds. The van der Waals surface area contributed by atoms with E-state index in [2.05, 4.69) is 4.98 Å². The molecule has 1 aliphatic rings. The van der Waals surface area contributed by atoms with Crippen molar-refractivity contribution in [2.24, 2.45) is 0 Å². The molecule has 1 fully saturated rings. The summed E-state index contributed by atoms with van der Waals surface area (Å²) in [5.74, 6) is -1.22. The molecular formula is C12H12Cl3N3O3. The van der Waals surface area contributed by atoms with Gasteiger partial charge in [0.05, 0.1) is 21.6 Å². The molecule has 0 aromatic carbocycles. The molecule has 6 nitrogen and oxygen atoms in total. The van der Waals surface area contributed by atoms with Crippen molar-refractivity contribution >= 4 is 46.7 Å². The molecule has 0 unspecified atom stereocenters.